The van der Waals surface area contributed by atoms with Gasteiger partial charge in [0.15, 0.2) is 0 Å². The zero-order chi connectivity index (χ0) is 11.1. The van der Waals surface area contributed by atoms with Gasteiger partial charge in [-0.15, -0.1) is 0 Å². The van der Waals surface area contributed by atoms with E-state index >= 15 is 0 Å². The first-order valence-electron chi connectivity index (χ1n) is 5.50. The maximum Gasteiger partial charge on any atom is 0.132 e. The van der Waals surface area contributed by atoms with Gasteiger partial charge in [-0.05, 0) is 12.5 Å². The lowest BCUT2D eigenvalue weighted by Gasteiger charge is -2.20. The van der Waals surface area contributed by atoms with Crippen molar-refractivity contribution in [1.82, 2.24) is 4.98 Å². The van der Waals surface area contributed by atoms with Crippen molar-refractivity contribution in [3.8, 4) is 0 Å². The molecule has 1 aromatic rings. The lowest BCUT2D eigenvalue weighted by atomic mass is 10.2. The molecule has 84 valence electrons. The highest BCUT2D eigenvalue weighted by molar-refractivity contribution is 9.08. The highest BCUT2D eigenvalue weighted by atomic mass is 79.9. The lowest BCUT2D eigenvalue weighted by Crippen LogP contribution is -2.20. The SMILES string of the molecule is CCCCCN(C)c1ncccc1CBr. The summed E-state index contributed by atoms with van der Waals surface area (Å²) in [6.07, 6.45) is 5.66. The van der Waals surface area contributed by atoms with Crippen molar-refractivity contribution in [3.05, 3.63) is 23.9 Å². The number of anilines is 1. The molecule has 0 spiro atoms. The van der Waals surface area contributed by atoms with E-state index in [1.807, 2.05) is 12.3 Å². The molecule has 0 aliphatic heterocycles. The van der Waals surface area contributed by atoms with E-state index in [0.29, 0.717) is 0 Å². The summed E-state index contributed by atoms with van der Waals surface area (Å²) in [4.78, 5) is 6.67. The predicted octanol–water partition coefficient (Wildman–Crippen LogP) is 3.60. The monoisotopic (exact) mass is 270 g/mol. The van der Waals surface area contributed by atoms with E-state index in [4.69, 9.17) is 0 Å². The summed E-state index contributed by atoms with van der Waals surface area (Å²) in [5, 5.41) is 0.869. The Labute approximate surface area is 101 Å². The number of rotatable bonds is 6. The third-order valence-electron chi connectivity index (χ3n) is 2.47. The highest BCUT2D eigenvalue weighted by Gasteiger charge is 2.06. The maximum atomic E-state index is 4.42. The van der Waals surface area contributed by atoms with Crippen LogP contribution < -0.4 is 4.90 Å². The Bertz CT molecular complexity index is 289. The third-order valence-corrected chi connectivity index (χ3v) is 3.07. The van der Waals surface area contributed by atoms with Crippen LogP contribution in [-0.2, 0) is 5.33 Å². The molecule has 0 fully saturated rings. The van der Waals surface area contributed by atoms with E-state index in [1.165, 1.54) is 24.8 Å². The average Bonchev–Trinajstić information content (AvgIpc) is 2.29. The third kappa shape index (κ3) is 3.82. The first-order valence-corrected chi connectivity index (χ1v) is 6.62. The predicted molar refractivity (Wildman–Crippen MR) is 69.7 cm³/mol. The van der Waals surface area contributed by atoms with E-state index < -0.39 is 0 Å². The van der Waals surface area contributed by atoms with Crippen molar-refractivity contribution in [2.75, 3.05) is 18.5 Å². The number of nitrogens with zero attached hydrogens (tertiary/aromatic N) is 2. The van der Waals surface area contributed by atoms with E-state index in [1.54, 1.807) is 0 Å². The van der Waals surface area contributed by atoms with E-state index in [9.17, 15) is 0 Å². The Morgan fingerprint density at radius 1 is 1.40 bits per heavy atom. The van der Waals surface area contributed by atoms with Gasteiger partial charge in [-0.3, -0.25) is 0 Å². The summed E-state index contributed by atoms with van der Waals surface area (Å²) in [6, 6.07) is 4.10. The van der Waals surface area contributed by atoms with Gasteiger partial charge in [0.25, 0.3) is 0 Å². The summed E-state index contributed by atoms with van der Waals surface area (Å²) in [7, 11) is 2.12. The number of pyridine rings is 1. The minimum atomic E-state index is 0.869. The van der Waals surface area contributed by atoms with Crippen LogP contribution in [0.1, 0.15) is 31.7 Å². The number of hydrogen-bond acceptors (Lipinski definition) is 2. The second kappa shape index (κ2) is 6.83. The zero-order valence-electron chi connectivity index (χ0n) is 9.54. The van der Waals surface area contributed by atoms with Crippen molar-refractivity contribution in [2.45, 2.75) is 31.5 Å². The molecule has 0 atom stereocenters. The molecule has 0 bridgehead atoms. The minimum Gasteiger partial charge on any atom is -0.359 e. The molecule has 1 rings (SSSR count). The Kier molecular flexibility index (Phi) is 5.69. The molecule has 0 saturated carbocycles. The van der Waals surface area contributed by atoms with Crippen molar-refractivity contribution >= 4 is 21.7 Å². The van der Waals surface area contributed by atoms with Crippen molar-refractivity contribution in [3.63, 3.8) is 0 Å². The molecule has 0 aromatic carbocycles. The number of unbranched alkanes of at least 4 members (excludes halogenated alkanes) is 2. The van der Waals surface area contributed by atoms with Crippen LogP contribution in [0.15, 0.2) is 18.3 Å². The fourth-order valence-electron chi connectivity index (χ4n) is 1.58. The van der Waals surface area contributed by atoms with Crippen LogP contribution in [0.25, 0.3) is 0 Å². The summed E-state index contributed by atoms with van der Waals surface area (Å²) >= 11 is 3.49. The number of halogens is 1. The van der Waals surface area contributed by atoms with Gasteiger partial charge in [-0.25, -0.2) is 4.98 Å². The minimum absolute atomic E-state index is 0.869. The molecular formula is C12H19BrN2. The normalized spacial score (nSPS) is 10.3. The van der Waals surface area contributed by atoms with Crippen LogP contribution in [0.3, 0.4) is 0 Å². The van der Waals surface area contributed by atoms with Crippen LogP contribution in [0.4, 0.5) is 5.82 Å². The van der Waals surface area contributed by atoms with Crippen LogP contribution >= 0.6 is 15.9 Å². The molecule has 0 aliphatic carbocycles. The molecule has 0 unspecified atom stereocenters. The summed E-state index contributed by atoms with van der Waals surface area (Å²) in [5.41, 5.74) is 1.26. The second-order valence-corrected chi connectivity index (χ2v) is 4.31. The molecule has 1 aromatic heterocycles. The number of aromatic nitrogens is 1. The fraction of sp³-hybridized carbons (Fsp3) is 0.583. The Morgan fingerprint density at radius 2 is 2.20 bits per heavy atom. The number of alkyl halides is 1. The van der Waals surface area contributed by atoms with Crippen molar-refractivity contribution < 1.29 is 0 Å². The van der Waals surface area contributed by atoms with Gasteiger partial charge in [-0.1, -0.05) is 41.8 Å². The maximum absolute atomic E-state index is 4.42. The van der Waals surface area contributed by atoms with Gasteiger partial charge in [0.2, 0.25) is 0 Å². The lowest BCUT2D eigenvalue weighted by molar-refractivity contribution is 0.700. The quantitative estimate of drug-likeness (QED) is 0.580. The van der Waals surface area contributed by atoms with Gasteiger partial charge >= 0.3 is 0 Å². The summed E-state index contributed by atoms with van der Waals surface area (Å²) < 4.78 is 0. The van der Waals surface area contributed by atoms with Crippen LogP contribution in [0.2, 0.25) is 0 Å². The first-order chi connectivity index (χ1) is 7.29. The largest absolute Gasteiger partial charge is 0.359 e. The molecule has 0 radical (unpaired) electrons. The second-order valence-electron chi connectivity index (χ2n) is 3.75. The van der Waals surface area contributed by atoms with Crippen LogP contribution in [0, 0.1) is 0 Å². The Hall–Kier alpha value is -0.570. The molecule has 15 heavy (non-hydrogen) atoms. The summed E-state index contributed by atoms with van der Waals surface area (Å²) in [5.74, 6) is 1.10. The standard InChI is InChI=1S/C12H19BrN2/c1-3-4-5-9-15(2)12-11(10-13)7-6-8-14-12/h6-8H,3-5,9-10H2,1-2H3. The van der Waals surface area contributed by atoms with Gasteiger partial charge < -0.3 is 4.90 Å². The molecule has 0 saturated heterocycles. The molecule has 1 heterocycles. The van der Waals surface area contributed by atoms with E-state index in [-0.39, 0.29) is 0 Å². The van der Waals surface area contributed by atoms with Gasteiger partial charge in [0.05, 0.1) is 0 Å². The molecule has 3 heteroatoms. The topological polar surface area (TPSA) is 16.1 Å². The van der Waals surface area contributed by atoms with Gasteiger partial charge in [0, 0.05) is 30.7 Å². The molecular weight excluding hydrogens is 252 g/mol. The van der Waals surface area contributed by atoms with E-state index in [0.717, 1.165) is 17.7 Å². The summed E-state index contributed by atoms with van der Waals surface area (Å²) in [6.45, 7) is 3.32. The number of hydrogen-bond donors (Lipinski definition) is 0. The van der Waals surface area contributed by atoms with Crippen LogP contribution in [0.5, 0.6) is 0 Å². The van der Waals surface area contributed by atoms with E-state index in [2.05, 4.69) is 45.9 Å². The highest BCUT2D eigenvalue weighted by Crippen LogP contribution is 2.18. The zero-order valence-corrected chi connectivity index (χ0v) is 11.1. The van der Waals surface area contributed by atoms with Crippen molar-refractivity contribution in [2.24, 2.45) is 0 Å². The first kappa shape index (κ1) is 12.5. The molecule has 0 N–H and O–H groups in total. The van der Waals surface area contributed by atoms with Gasteiger partial charge in [-0.2, -0.15) is 0 Å². The molecule has 0 amide bonds. The molecule has 0 aliphatic rings. The van der Waals surface area contributed by atoms with Crippen LogP contribution in [-0.4, -0.2) is 18.6 Å². The van der Waals surface area contributed by atoms with Crippen molar-refractivity contribution in [1.29, 1.82) is 0 Å². The van der Waals surface area contributed by atoms with Gasteiger partial charge in [0.1, 0.15) is 5.82 Å². The fourth-order valence-corrected chi connectivity index (χ4v) is 2.02. The Balaban J connectivity index is 2.59. The Morgan fingerprint density at radius 3 is 2.87 bits per heavy atom. The smallest absolute Gasteiger partial charge is 0.132 e. The average molecular weight is 271 g/mol. The molecule has 2 nitrogen and oxygen atoms in total.